The van der Waals surface area contributed by atoms with E-state index >= 15 is 0 Å². The fourth-order valence-electron chi connectivity index (χ4n) is 1.96. The Bertz CT molecular complexity index is 455. The molecule has 0 saturated carbocycles. The van der Waals surface area contributed by atoms with Gasteiger partial charge in [-0.15, -0.1) is 0 Å². The first kappa shape index (κ1) is 12.4. The Morgan fingerprint density at radius 2 is 2.22 bits per heavy atom. The van der Waals surface area contributed by atoms with Crippen LogP contribution in [0, 0.1) is 0 Å². The minimum absolute atomic E-state index is 0.0631. The number of imide groups is 1. The second kappa shape index (κ2) is 5.08. The van der Waals surface area contributed by atoms with Crippen LogP contribution in [0.3, 0.4) is 0 Å². The van der Waals surface area contributed by atoms with Crippen molar-refractivity contribution < 1.29 is 14.3 Å². The molecule has 1 fully saturated rings. The van der Waals surface area contributed by atoms with Crippen LogP contribution < -0.4 is 15.0 Å². The van der Waals surface area contributed by atoms with Gasteiger partial charge in [0.05, 0.1) is 12.8 Å². The maximum absolute atomic E-state index is 12.0. The van der Waals surface area contributed by atoms with E-state index in [0.29, 0.717) is 17.9 Å². The smallest absolute Gasteiger partial charge is 0.328 e. The van der Waals surface area contributed by atoms with E-state index < -0.39 is 0 Å². The van der Waals surface area contributed by atoms with Crippen LogP contribution in [-0.4, -0.2) is 25.1 Å². The molecule has 5 nitrogen and oxygen atoms in total. The van der Waals surface area contributed by atoms with Crippen LogP contribution >= 0.6 is 0 Å². The highest BCUT2D eigenvalue weighted by atomic mass is 16.5. The molecule has 0 bridgehead atoms. The SMILES string of the molecule is CCC1CC(=O)N(c2cccc(OC)c2)C(=O)N1. The molecule has 1 unspecified atom stereocenters. The van der Waals surface area contributed by atoms with Crippen molar-refractivity contribution in [3.05, 3.63) is 24.3 Å². The standard InChI is InChI=1S/C13H16N2O3/c1-3-9-7-12(16)15(13(17)14-9)10-5-4-6-11(8-10)18-2/h4-6,8-9H,3,7H2,1-2H3,(H,14,17). The summed E-state index contributed by atoms with van der Waals surface area (Å²) in [5.41, 5.74) is 0.534. The Labute approximate surface area is 106 Å². The lowest BCUT2D eigenvalue weighted by atomic mass is 10.1. The van der Waals surface area contributed by atoms with Gasteiger partial charge in [-0.3, -0.25) is 4.79 Å². The van der Waals surface area contributed by atoms with Crippen molar-refractivity contribution in [3.63, 3.8) is 0 Å². The summed E-state index contributed by atoms with van der Waals surface area (Å²) < 4.78 is 5.09. The Morgan fingerprint density at radius 1 is 1.44 bits per heavy atom. The molecule has 96 valence electrons. The normalized spacial score (nSPS) is 19.7. The van der Waals surface area contributed by atoms with Gasteiger partial charge in [0.1, 0.15) is 5.75 Å². The van der Waals surface area contributed by atoms with Crippen molar-refractivity contribution in [2.45, 2.75) is 25.8 Å². The second-order valence-corrected chi connectivity index (χ2v) is 4.19. The van der Waals surface area contributed by atoms with E-state index in [2.05, 4.69) is 5.32 Å². The van der Waals surface area contributed by atoms with E-state index in [9.17, 15) is 9.59 Å². The monoisotopic (exact) mass is 248 g/mol. The minimum Gasteiger partial charge on any atom is -0.497 e. The molecule has 1 N–H and O–H groups in total. The van der Waals surface area contributed by atoms with E-state index in [4.69, 9.17) is 4.74 Å². The van der Waals surface area contributed by atoms with Crippen LogP contribution in [0.2, 0.25) is 0 Å². The van der Waals surface area contributed by atoms with E-state index in [1.165, 1.54) is 0 Å². The van der Waals surface area contributed by atoms with Gasteiger partial charge < -0.3 is 10.1 Å². The molecule has 1 aliphatic heterocycles. The van der Waals surface area contributed by atoms with Gasteiger partial charge in [0.15, 0.2) is 0 Å². The zero-order chi connectivity index (χ0) is 13.1. The average molecular weight is 248 g/mol. The van der Waals surface area contributed by atoms with Crippen molar-refractivity contribution >= 4 is 17.6 Å². The van der Waals surface area contributed by atoms with Crippen LogP contribution in [0.4, 0.5) is 10.5 Å². The predicted molar refractivity (Wildman–Crippen MR) is 67.7 cm³/mol. The van der Waals surface area contributed by atoms with Crippen LogP contribution in [0.25, 0.3) is 0 Å². The number of amides is 3. The molecule has 1 aromatic carbocycles. The van der Waals surface area contributed by atoms with Gasteiger partial charge in [0.25, 0.3) is 0 Å². The number of benzene rings is 1. The molecular weight excluding hydrogens is 232 g/mol. The molecule has 1 heterocycles. The zero-order valence-corrected chi connectivity index (χ0v) is 10.5. The van der Waals surface area contributed by atoms with Gasteiger partial charge in [-0.25, -0.2) is 9.69 Å². The first-order valence-electron chi connectivity index (χ1n) is 5.93. The number of carbonyl (C=O) groups excluding carboxylic acids is 2. The third kappa shape index (κ3) is 2.30. The van der Waals surface area contributed by atoms with E-state index in [1.54, 1.807) is 31.4 Å². The molecule has 1 aliphatic rings. The maximum Gasteiger partial charge on any atom is 0.328 e. The van der Waals surface area contributed by atoms with Crippen LogP contribution in [0.1, 0.15) is 19.8 Å². The fraction of sp³-hybridized carbons (Fsp3) is 0.385. The van der Waals surface area contributed by atoms with Gasteiger partial charge in [0, 0.05) is 18.5 Å². The molecule has 1 saturated heterocycles. The van der Waals surface area contributed by atoms with Crippen molar-refractivity contribution in [1.82, 2.24) is 5.32 Å². The number of hydrogen-bond donors (Lipinski definition) is 1. The van der Waals surface area contributed by atoms with E-state index in [-0.39, 0.29) is 18.0 Å². The van der Waals surface area contributed by atoms with Crippen LogP contribution in [0.15, 0.2) is 24.3 Å². The minimum atomic E-state index is -0.369. The molecule has 0 aliphatic carbocycles. The van der Waals surface area contributed by atoms with Crippen molar-refractivity contribution in [2.75, 3.05) is 12.0 Å². The summed E-state index contributed by atoms with van der Waals surface area (Å²) in [7, 11) is 1.55. The number of nitrogens with zero attached hydrogens (tertiary/aromatic N) is 1. The summed E-state index contributed by atoms with van der Waals surface area (Å²) in [4.78, 5) is 25.1. The number of hydrogen-bond acceptors (Lipinski definition) is 3. The summed E-state index contributed by atoms with van der Waals surface area (Å²) in [6, 6.07) is 6.47. The first-order valence-corrected chi connectivity index (χ1v) is 5.93. The molecule has 0 radical (unpaired) electrons. The van der Waals surface area contributed by atoms with E-state index in [1.807, 2.05) is 6.92 Å². The lowest BCUT2D eigenvalue weighted by Gasteiger charge is -2.30. The third-order valence-corrected chi connectivity index (χ3v) is 3.01. The Morgan fingerprint density at radius 3 is 2.83 bits per heavy atom. The number of rotatable bonds is 3. The largest absolute Gasteiger partial charge is 0.497 e. The summed E-state index contributed by atoms with van der Waals surface area (Å²) in [5, 5.41) is 2.81. The molecule has 18 heavy (non-hydrogen) atoms. The third-order valence-electron chi connectivity index (χ3n) is 3.01. The van der Waals surface area contributed by atoms with Gasteiger partial charge >= 0.3 is 6.03 Å². The summed E-state index contributed by atoms with van der Waals surface area (Å²) in [5.74, 6) is 0.435. The molecule has 3 amide bonds. The zero-order valence-electron chi connectivity index (χ0n) is 10.5. The fourth-order valence-corrected chi connectivity index (χ4v) is 1.96. The molecule has 5 heteroatoms. The predicted octanol–water partition coefficient (Wildman–Crippen LogP) is 1.92. The van der Waals surface area contributed by atoms with E-state index in [0.717, 1.165) is 11.3 Å². The van der Waals surface area contributed by atoms with Gasteiger partial charge in [-0.2, -0.15) is 0 Å². The lowest BCUT2D eigenvalue weighted by molar-refractivity contribution is -0.119. The molecule has 0 spiro atoms. The van der Waals surface area contributed by atoms with Crippen molar-refractivity contribution in [1.29, 1.82) is 0 Å². The molecule has 2 rings (SSSR count). The molecule has 1 aromatic rings. The Hall–Kier alpha value is -2.04. The first-order chi connectivity index (χ1) is 8.65. The number of anilines is 1. The molecule has 1 atom stereocenters. The summed E-state index contributed by atoms with van der Waals surface area (Å²) in [6.07, 6.45) is 1.09. The number of urea groups is 1. The highest BCUT2D eigenvalue weighted by Gasteiger charge is 2.32. The summed E-state index contributed by atoms with van der Waals surface area (Å²) >= 11 is 0. The number of methoxy groups -OCH3 is 1. The molecular formula is C13H16N2O3. The number of carbonyl (C=O) groups is 2. The highest BCUT2D eigenvalue weighted by Crippen LogP contribution is 2.24. The topological polar surface area (TPSA) is 58.6 Å². The number of ether oxygens (including phenoxy) is 1. The lowest BCUT2D eigenvalue weighted by Crippen LogP contribution is -2.54. The Balaban J connectivity index is 2.26. The van der Waals surface area contributed by atoms with Crippen molar-refractivity contribution in [2.24, 2.45) is 0 Å². The quantitative estimate of drug-likeness (QED) is 0.889. The molecule has 0 aromatic heterocycles. The second-order valence-electron chi connectivity index (χ2n) is 4.19. The summed E-state index contributed by atoms with van der Waals surface area (Å²) in [6.45, 7) is 1.94. The number of nitrogens with one attached hydrogen (secondary N) is 1. The van der Waals surface area contributed by atoms with Crippen LogP contribution in [0.5, 0.6) is 5.75 Å². The Kier molecular flexibility index (Phi) is 3.50. The van der Waals surface area contributed by atoms with Crippen LogP contribution in [-0.2, 0) is 4.79 Å². The van der Waals surface area contributed by atoms with Crippen molar-refractivity contribution in [3.8, 4) is 5.75 Å². The van der Waals surface area contributed by atoms with Gasteiger partial charge in [0.2, 0.25) is 5.91 Å². The van der Waals surface area contributed by atoms with Gasteiger partial charge in [-0.05, 0) is 18.6 Å². The average Bonchev–Trinajstić information content (AvgIpc) is 2.38. The highest BCUT2D eigenvalue weighted by molar-refractivity contribution is 6.16. The van der Waals surface area contributed by atoms with Gasteiger partial charge in [-0.1, -0.05) is 13.0 Å². The maximum atomic E-state index is 12.0.